The molecule has 1 heterocycles. The lowest BCUT2D eigenvalue weighted by Crippen LogP contribution is -2.25. The van der Waals surface area contributed by atoms with Crippen LogP contribution in [0.1, 0.15) is 13.8 Å². The number of hydrogen-bond donors (Lipinski definition) is 2. The number of urea groups is 1. The van der Waals surface area contributed by atoms with Crippen LogP contribution in [0.5, 0.6) is 11.5 Å². The normalized spacial score (nSPS) is 10.7. The number of thioether (sulfide) groups is 1. The van der Waals surface area contributed by atoms with Crippen LogP contribution in [-0.4, -0.2) is 60.7 Å². The molecule has 27 heavy (non-hydrogen) atoms. The van der Waals surface area contributed by atoms with Gasteiger partial charge in [-0.15, -0.1) is 10.2 Å². The van der Waals surface area contributed by atoms with E-state index in [0.29, 0.717) is 22.3 Å². The highest BCUT2D eigenvalue weighted by Gasteiger charge is 2.11. The Hall–Kier alpha value is -2.04. The van der Waals surface area contributed by atoms with E-state index in [1.54, 1.807) is 44.2 Å². The monoisotopic (exact) mass is 411 g/mol. The van der Waals surface area contributed by atoms with Gasteiger partial charge in [-0.1, -0.05) is 36.9 Å². The molecule has 0 bridgehead atoms. The van der Waals surface area contributed by atoms with Gasteiger partial charge in [-0.3, -0.25) is 5.32 Å². The predicted molar refractivity (Wildman–Crippen MR) is 111 cm³/mol. The zero-order valence-electron chi connectivity index (χ0n) is 15.9. The molecule has 1 aromatic carbocycles. The van der Waals surface area contributed by atoms with Crippen LogP contribution in [0, 0.1) is 0 Å². The fourth-order valence-corrected chi connectivity index (χ4v) is 4.11. The van der Waals surface area contributed by atoms with Gasteiger partial charge in [-0.05, 0) is 25.2 Å². The molecule has 0 radical (unpaired) electrons. The minimum atomic E-state index is -0.391. The van der Waals surface area contributed by atoms with Crippen LogP contribution >= 0.6 is 23.1 Å². The molecule has 0 aliphatic carbocycles. The highest BCUT2D eigenvalue weighted by molar-refractivity contribution is 8.01. The van der Waals surface area contributed by atoms with E-state index in [1.165, 1.54) is 11.3 Å². The van der Waals surface area contributed by atoms with Crippen molar-refractivity contribution in [2.45, 2.75) is 18.2 Å². The van der Waals surface area contributed by atoms with E-state index in [0.717, 1.165) is 29.7 Å². The van der Waals surface area contributed by atoms with Crippen molar-refractivity contribution in [1.29, 1.82) is 0 Å². The Morgan fingerprint density at radius 3 is 2.56 bits per heavy atom. The largest absolute Gasteiger partial charge is 0.493 e. The van der Waals surface area contributed by atoms with Gasteiger partial charge in [0.2, 0.25) is 5.13 Å². The van der Waals surface area contributed by atoms with Crippen LogP contribution < -0.4 is 20.1 Å². The fraction of sp³-hybridized carbons (Fsp3) is 0.471. The first-order valence-electron chi connectivity index (χ1n) is 8.58. The number of ether oxygens (including phenoxy) is 2. The van der Waals surface area contributed by atoms with E-state index >= 15 is 0 Å². The van der Waals surface area contributed by atoms with Crippen LogP contribution in [0.25, 0.3) is 0 Å². The SMILES string of the molecule is CCN(CC)CCSc1nnc(NC(=O)Nc2ccc(OC)c(OC)c2)s1. The molecule has 0 unspecified atom stereocenters. The second-order valence-corrected chi connectivity index (χ2v) is 7.72. The molecule has 8 nitrogen and oxygen atoms in total. The summed E-state index contributed by atoms with van der Waals surface area (Å²) < 4.78 is 11.2. The summed E-state index contributed by atoms with van der Waals surface area (Å²) in [6.07, 6.45) is 0. The summed E-state index contributed by atoms with van der Waals surface area (Å²) in [6.45, 7) is 7.38. The van der Waals surface area contributed by atoms with Gasteiger partial charge in [0, 0.05) is 24.1 Å². The summed E-state index contributed by atoms with van der Waals surface area (Å²) in [5, 5.41) is 14.0. The van der Waals surface area contributed by atoms with Gasteiger partial charge in [0.15, 0.2) is 15.8 Å². The summed E-state index contributed by atoms with van der Waals surface area (Å²) in [6, 6.07) is 4.75. The van der Waals surface area contributed by atoms with Gasteiger partial charge in [0.25, 0.3) is 0 Å². The summed E-state index contributed by atoms with van der Waals surface area (Å²) in [4.78, 5) is 14.5. The maximum atomic E-state index is 12.2. The number of nitrogens with one attached hydrogen (secondary N) is 2. The van der Waals surface area contributed by atoms with Crippen molar-refractivity contribution in [1.82, 2.24) is 15.1 Å². The third kappa shape index (κ3) is 6.56. The number of aromatic nitrogens is 2. The molecule has 10 heteroatoms. The van der Waals surface area contributed by atoms with Gasteiger partial charge in [0.05, 0.1) is 14.2 Å². The van der Waals surface area contributed by atoms with E-state index in [1.807, 2.05) is 0 Å². The van der Waals surface area contributed by atoms with Crippen LogP contribution in [0.15, 0.2) is 22.5 Å². The van der Waals surface area contributed by atoms with Gasteiger partial charge >= 0.3 is 6.03 Å². The molecule has 2 N–H and O–H groups in total. The van der Waals surface area contributed by atoms with E-state index < -0.39 is 6.03 Å². The van der Waals surface area contributed by atoms with Crippen molar-refractivity contribution < 1.29 is 14.3 Å². The summed E-state index contributed by atoms with van der Waals surface area (Å²) >= 11 is 3.00. The number of methoxy groups -OCH3 is 2. The number of nitrogens with zero attached hydrogens (tertiary/aromatic N) is 3. The molecular weight excluding hydrogens is 386 g/mol. The van der Waals surface area contributed by atoms with Gasteiger partial charge in [-0.2, -0.15) is 0 Å². The van der Waals surface area contributed by atoms with Crippen LogP contribution in [-0.2, 0) is 0 Å². The molecule has 0 atom stereocenters. The molecule has 2 amide bonds. The molecular formula is C17H25N5O3S2. The lowest BCUT2D eigenvalue weighted by Gasteiger charge is -2.16. The Morgan fingerprint density at radius 1 is 1.15 bits per heavy atom. The zero-order chi connectivity index (χ0) is 19.6. The van der Waals surface area contributed by atoms with Gasteiger partial charge in [0.1, 0.15) is 0 Å². The second kappa shape index (κ2) is 11.0. The Labute approximate surface area is 167 Å². The minimum Gasteiger partial charge on any atom is -0.493 e. The lowest BCUT2D eigenvalue weighted by atomic mass is 10.3. The van der Waals surface area contributed by atoms with Crippen LogP contribution in [0.4, 0.5) is 15.6 Å². The molecule has 148 valence electrons. The summed E-state index contributed by atoms with van der Waals surface area (Å²) in [5.41, 5.74) is 0.587. The average molecular weight is 412 g/mol. The maximum absolute atomic E-state index is 12.2. The topological polar surface area (TPSA) is 88.6 Å². The van der Waals surface area contributed by atoms with E-state index in [9.17, 15) is 4.79 Å². The quantitative estimate of drug-likeness (QED) is 0.456. The van der Waals surface area contributed by atoms with Crippen molar-refractivity contribution in [3.8, 4) is 11.5 Å². The Balaban J connectivity index is 1.85. The van der Waals surface area contributed by atoms with E-state index in [4.69, 9.17) is 9.47 Å². The summed E-state index contributed by atoms with van der Waals surface area (Å²) in [7, 11) is 3.10. The van der Waals surface area contributed by atoms with E-state index in [-0.39, 0.29) is 0 Å². The highest BCUT2D eigenvalue weighted by atomic mass is 32.2. The molecule has 1 aromatic heterocycles. The fourth-order valence-electron chi connectivity index (χ4n) is 2.29. The first kappa shape index (κ1) is 21.3. The smallest absolute Gasteiger partial charge is 0.325 e. The van der Waals surface area contributed by atoms with E-state index in [2.05, 4.69) is 39.6 Å². The van der Waals surface area contributed by atoms with Gasteiger partial charge in [-0.25, -0.2) is 4.79 Å². The first-order chi connectivity index (χ1) is 13.1. The lowest BCUT2D eigenvalue weighted by molar-refractivity contribution is 0.262. The Morgan fingerprint density at radius 2 is 1.89 bits per heavy atom. The first-order valence-corrected chi connectivity index (χ1v) is 10.4. The average Bonchev–Trinajstić information content (AvgIpc) is 3.12. The second-order valence-electron chi connectivity index (χ2n) is 5.40. The number of carbonyl (C=O) groups excluding carboxylic acids is 1. The third-order valence-corrected chi connectivity index (χ3v) is 5.75. The van der Waals surface area contributed by atoms with Crippen molar-refractivity contribution in [2.24, 2.45) is 0 Å². The van der Waals surface area contributed by atoms with Crippen molar-refractivity contribution in [3.63, 3.8) is 0 Å². The number of rotatable bonds is 10. The molecule has 0 spiro atoms. The number of anilines is 2. The molecule has 0 aliphatic rings. The van der Waals surface area contributed by atoms with Crippen LogP contribution in [0.2, 0.25) is 0 Å². The van der Waals surface area contributed by atoms with Crippen LogP contribution in [0.3, 0.4) is 0 Å². The zero-order valence-corrected chi connectivity index (χ0v) is 17.6. The Kier molecular flexibility index (Phi) is 8.62. The van der Waals surface area contributed by atoms with Gasteiger partial charge < -0.3 is 19.7 Å². The van der Waals surface area contributed by atoms with Crippen molar-refractivity contribution >= 4 is 39.9 Å². The molecule has 0 fully saturated rings. The van der Waals surface area contributed by atoms with Crippen molar-refractivity contribution in [2.75, 3.05) is 50.2 Å². The number of hydrogen-bond acceptors (Lipinski definition) is 8. The minimum absolute atomic E-state index is 0.391. The third-order valence-electron chi connectivity index (χ3n) is 3.80. The predicted octanol–water partition coefficient (Wildman–Crippen LogP) is 3.63. The molecule has 0 aliphatic heterocycles. The number of benzene rings is 1. The molecule has 2 aromatic rings. The van der Waals surface area contributed by atoms with Crippen molar-refractivity contribution in [3.05, 3.63) is 18.2 Å². The summed E-state index contributed by atoms with van der Waals surface area (Å²) in [5.74, 6) is 2.07. The highest BCUT2D eigenvalue weighted by Crippen LogP contribution is 2.30. The number of amides is 2. The molecule has 2 rings (SSSR count). The Bertz CT molecular complexity index is 737. The molecule has 0 saturated carbocycles. The standard InChI is InChI=1S/C17H25N5O3S2/c1-5-22(6-2)9-10-26-17-21-20-16(27-17)19-15(23)18-12-7-8-13(24-3)14(11-12)25-4/h7-8,11H,5-6,9-10H2,1-4H3,(H2,18,19,20,23). The molecule has 0 saturated heterocycles. The number of carbonyl (C=O) groups is 1. The maximum Gasteiger partial charge on any atom is 0.325 e.